The minimum absolute atomic E-state index is 0.474. The molecule has 1 aliphatic rings. The Morgan fingerprint density at radius 3 is 2.79 bits per heavy atom. The molecule has 0 amide bonds. The summed E-state index contributed by atoms with van der Waals surface area (Å²) in [4.78, 5) is 13.4. The smallest absolute Gasteiger partial charge is 0.321 e. The van der Waals surface area contributed by atoms with Crippen molar-refractivity contribution in [1.82, 2.24) is 4.90 Å². The van der Waals surface area contributed by atoms with Crippen molar-refractivity contribution in [3.8, 4) is 0 Å². The molecule has 0 radical (unpaired) electrons. The van der Waals surface area contributed by atoms with Crippen molar-refractivity contribution in [3.63, 3.8) is 0 Å². The number of carbonyl (C=O) groups is 1. The number of carboxylic acid groups (broad SMARTS) is 1. The predicted molar refractivity (Wildman–Crippen MR) is 73.7 cm³/mol. The van der Waals surface area contributed by atoms with Gasteiger partial charge in [0.1, 0.15) is 6.04 Å². The molecule has 1 heterocycles. The van der Waals surface area contributed by atoms with Gasteiger partial charge >= 0.3 is 5.97 Å². The largest absolute Gasteiger partial charge is 0.480 e. The van der Waals surface area contributed by atoms with Crippen LogP contribution in [0.4, 0.5) is 0 Å². The molecule has 0 bridgehead atoms. The van der Waals surface area contributed by atoms with Crippen LogP contribution in [0.3, 0.4) is 0 Å². The fourth-order valence-corrected chi connectivity index (χ4v) is 2.52. The molecule has 2 rings (SSSR count). The molecular formula is C14H18ClNO3. The van der Waals surface area contributed by atoms with Gasteiger partial charge in [0.15, 0.2) is 0 Å². The molecule has 0 saturated carbocycles. The number of morpholine rings is 1. The van der Waals surface area contributed by atoms with Crippen molar-refractivity contribution in [2.75, 3.05) is 26.3 Å². The van der Waals surface area contributed by atoms with Crippen LogP contribution < -0.4 is 0 Å². The molecule has 1 aromatic carbocycles. The van der Waals surface area contributed by atoms with E-state index in [0.717, 1.165) is 11.1 Å². The summed E-state index contributed by atoms with van der Waals surface area (Å²) in [5, 5.41) is 10.1. The highest BCUT2D eigenvalue weighted by Crippen LogP contribution is 2.19. The Kier molecular flexibility index (Phi) is 4.80. The Hall–Kier alpha value is -1.10. The number of benzene rings is 1. The van der Waals surface area contributed by atoms with E-state index in [-0.39, 0.29) is 0 Å². The van der Waals surface area contributed by atoms with E-state index < -0.39 is 12.0 Å². The van der Waals surface area contributed by atoms with Gasteiger partial charge in [0.25, 0.3) is 0 Å². The van der Waals surface area contributed by atoms with E-state index in [1.165, 1.54) is 0 Å². The first-order valence-electron chi connectivity index (χ1n) is 6.37. The summed E-state index contributed by atoms with van der Waals surface area (Å²) in [5.41, 5.74) is 2.07. The summed E-state index contributed by atoms with van der Waals surface area (Å²) in [5.74, 6) is -0.790. The van der Waals surface area contributed by atoms with Crippen LogP contribution in [0, 0.1) is 6.92 Å². The summed E-state index contributed by atoms with van der Waals surface area (Å²) < 4.78 is 5.27. The third-order valence-electron chi connectivity index (χ3n) is 3.50. The zero-order chi connectivity index (χ0) is 13.8. The highest BCUT2D eigenvalue weighted by molar-refractivity contribution is 6.30. The van der Waals surface area contributed by atoms with E-state index in [1.807, 2.05) is 30.0 Å². The number of halogens is 1. The standard InChI is InChI=1S/C14H18ClNO3/c1-10-2-3-12(15)8-11(10)9-13(14(17)18)16-4-6-19-7-5-16/h2-3,8,13H,4-7,9H2,1H3,(H,17,18). The summed E-state index contributed by atoms with van der Waals surface area (Å²) in [7, 11) is 0. The molecule has 1 atom stereocenters. The molecule has 4 nitrogen and oxygen atoms in total. The van der Waals surface area contributed by atoms with Crippen LogP contribution in [0.15, 0.2) is 18.2 Å². The zero-order valence-electron chi connectivity index (χ0n) is 10.9. The van der Waals surface area contributed by atoms with E-state index in [1.54, 1.807) is 0 Å². The van der Waals surface area contributed by atoms with Crippen LogP contribution in [0.5, 0.6) is 0 Å². The van der Waals surface area contributed by atoms with Gasteiger partial charge in [-0.2, -0.15) is 0 Å². The summed E-state index contributed by atoms with van der Waals surface area (Å²) in [6, 6.07) is 5.09. The first-order chi connectivity index (χ1) is 9.08. The molecule has 5 heteroatoms. The molecule has 19 heavy (non-hydrogen) atoms. The average Bonchev–Trinajstić information content (AvgIpc) is 2.40. The number of hydrogen-bond donors (Lipinski definition) is 1. The highest BCUT2D eigenvalue weighted by atomic mass is 35.5. The molecule has 0 aliphatic carbocycles. The quantitative estimate of drug-likeness (QED) is 0.918. The first-order valence-corrected chi connectivity index (χ1v) is 6.75. The Morgan fingerprint density at radius 2 is 2.16 bits per heavy atom. The number of rotatable bonds is 4. The van der Waals surface area contributed by atoms with Crippen molar-refractivity contribution in [3.05, 3.63) is 34.3 Å². The van der Waals surface area contributed by atoms with Gasteiger partial charge in [-0.25, -0.2) is 0 Å². The highest BCUT2D eigenvalue weighted by Gasteiger charge is 2.27. The van der Waals surface area contributed by atoms with Gasteiger partial charge in [-0.3, -0.25) is 9.69 Å². The van der Waals surface area contributed by atoms with Crippen LogP contribution >= 0.6 is 11.6 Å². The van der Waals surface area contributed by atoms with E-state index >= 15 is 0 Å². The lowest BCUT2D eigenvalue weighted by Crippen LogP contribution is -2.48. The van der Waals surface area contributed by atoms with Gasteiger partial charge in [-0.1, -0.05) is 17.7 Å². The monoisotopic (exact) mass is 283 g/mol. The van der Waals surface area contributed by atoms with Crippen molar-refractivity contribution in [2.24, 2.45) is 0 Å². The lowest BCUT2D eigenvalue weighted by molar-refractivity contribution is -0.145. The van der Waals surface area contributed by atoms with Crippen molar-refractivity contribution in [2.45, 2.75) is 19.4 Å². The van der Waals surface area contributed by atoms with Gasteiger partial charge in [-0.05, 0) is 36.6 Å². The Labute approximate surface area is 117 Å². The van der Waals surface area contributed by atoms with Crippen molar-refractivity contribution in [1.29, 1.82) is 0 Å². The second-order valence-corrected chi connectivity index (χ2v) is 5.21. The average molecular weight is 284 g/mol. The summed E-state index contributed by atoms with van der Waals surface area (Å²) >= 11 is 5.98. The minimum atomic E-state index is -0.790. The molecule has 1 N–H and O–H groups in total. The van der Waals surface area contributed by atoms with Gasteiger partial charge in [0, 0.05) is 18.1 Å². The molecular weight excluding hydrogens is 266 g/mol. The molecule has 1 aliphatic heterocycles. The van der Waals surface area contributed by atoms with Crippen LogP contribution in [-0.2, 0) is 16.0 Å². The zero-order valence-corrected chi connectivity index (χ0v) is 11.7. The number of hydrogen-bond acceptors (Lipinski definition) is 3. The molecule has 1 aromatic rings. The minimum Gasteiger partial charge on any atom is -0.480 e. The summed E-state index contributed by atoms with van der Waals surface area (Å²) in [6.07, 6.45) is 0.474. The third-order valence-corrected chi connectivity index (χ3v) is 3.73. The van der Waals surface area contributed by atoms with Crippen LogP contribution in [0.2, 0.25) is 5.02 Å². The summed E-state index contributed by atoms with van der Waals surface area (Å²) in [6.45, 7) is 4.49. The van der Waals surface area contributed by atoms with Gasteiger partial charge < -0.3 is 9.84 Å². The van der Waals surface area contributed by atoms with E-state index in [0.29, 0.717) is 37.7 Å². The number of ether oxygens (including phenoxy) is 1. The Bertz CT molecular complexity index is 458. The van der Waals surface area contributed by atoms with Crippen LogP contribution in [0.1, 0.15) is 11.1 Å². The fraction of sp³-hybridized carbons (Fsp3) is 0.500. The van der Waals surface area contributed by atoms with Crippen LogP contribution in [-0.4, -0.2) is 48.3 Å². The van der Waals surface area contributed by atoms with E-state index in [2.05, 4.69) is 0 Å². The molecule has 1 saturated heterocycles. The van der Waals surface area contributed by atoms with Crippen molar-refractivity contribution >= 4 is 17.6 Å². The molecule has 104 valence electrons. The first kappa shape index (κ1) is 14.3. The number of nitrogens with zero attached hydrogens (tertiary/aromatic N) is 1. The van der Waals surface area contributed by atoms with E-state index in [4.69, 9.17) is 16.3 Å². The van der Waals surface area contributed by atoms with Crippen molar-refractivity contribution < 1.29 is 14.6 Å². The molecule has 1 unspecified atom stereocenters. The van der Waals surface area contributed by atoms with Gasteiger partial charge in [0.05, 0.1) is 13.2 Å². The van der Waals surface area contributed by atoms with Crippen LogP contribution in [0.25, 0.3) is 0 Å². The number of carboxylic acids is 1. The maximum atomic E-state index is 11.5. The molecule has 0 spiro atoms. The van der Waals surface area contributed by atoms with Gasteiger partial charge in [0.2, 0.25) is 0 Å². The third kappa shape index (κ3) is 3.69. The maximum Gasteiger partial charge on any atom is 0.321 e. The maximum absolute atomic E-state index is 11.5. The number of aryl methyl sites for hydroxylation is 1. The normalized spacial score (nSPS) is 18.2. The van der Waals surface area contributed by atoms with E-state index in [9.17, 15) is 9.90 Å². The Morgan fingerprint density at radius 1 is 1.47 bits per heavy atom. The van der Waals surface area contributed by atoms with Gasteiger partial charge in [-0.15, -0.1) is 0 Å². The topological polar surface area (TPSA) is 49.8 Å². The molecule has 0 aromatic heterocycles. The number of aliphatic carboxylic acids is 1. The predicted octanol–water partition coefficient (Wildman–Crippen LogP) is 1.98. The second kappa shape index (κ2) is 6.37. The lowest BCUT2D eigenvalue weighted by Gasteiger charge is -2.32. The SMILES string of the molecule is Cc1ccc(Cl)cc1CC(C(=O)O)N1CCOCC1. The second-order valence-electron chi connectivity index (χ2n) is 4.78. The Balaban J connectivity index is 2.15. The fourth-order valence-electron chi connectivity index (χ4n) is 2.33. The molecule has 1 fully saturated rings. The lowest BCUT2D eigenvalue weighted by atomic mass is 10.00.